The van der Waals surface area contributed by atoms with E-state index in [-0.39, 0.29) is 0 Å². The minimum atomic E-state index is 0.594. The Labute approximate surface area is 598 Å². The molecule has 0 radical (unpaired) electrons. The average Bonchev–Trinajstić information content (AvgIpc) is 1.56. The van der Waals surface area contributed by atoms with Gasteiger partial charge in [-0.3, -0.25) is 0 Å². The molecule has 0 unspecified atom stereocenters. The Bertz CT molecular complexity index is 7160. The van der Waals surface area contributed by atoms with Crippen LogP contribution in [0.1, 0.15) is 0 Å². The van der Waals surface area contributed by atoms with Crippen LogP contribution < -0.4 is 0 Å². The van der Waals surface area contributed by atoms with Crippen LogP contribution in [0.4, 0.5) is 0 Å². The molecule has 14 aromatic carbocycles. The van der Waals surface area contributed by atoms with Gasteiger partial charge in [-0.05, 0) is 108 Å². The highest BCUT2D eigenvalue weighted by atomic mass is 32.1. The zero-order valence-electron chi connectivity index (χ0n) is 54.1. The topological polar surface area (TPSA) is 87.2 Å². The molecule has 0 saturated heterocycles. The molecule has 0 saturated carbocycles. The van der Waals surface area contributed by atoms with Crippen molar-refractivity contribution in [2.75, 3.05) is 0 Å². The summed E-state index contributed by atoms with van der Waals surface area (Å²) in [5, 5.41) is 15.0. The smallest absolute Gasteiger partial charge is 0.164 e. The summed E-state index contributed by atoms with van der Waals surface area (Å²) in [7, 11) is 0. The normalized spacial score (nSPS) is 12.1. The zero-order chi connectivity index (χ0) is 66.7. The van der Waals surface area contributed by atoms with Crippen LogP contribution in [0.5, 0.6) is 0 Å². The molecule has 8 nitrogen and oxygen atoms in total. The highest BCUT2D eigenvalue weighted by Crippen LogP contribution is 2.50. The van der Waals surface area contributed by atoms with Gasteiger partial charge < -0.3 is 9.13 Å². The van der Waals surface area contributed by atoms with Gasteiger partial charge >= 0.3 is 0 Å². The van der Waals surface area contributed by atoms with E-state index in [0.29, 0.717) is 34.9 Å². The van der Waals surface area contributed by atoms with Crippen molar-refractivity contribution in [3.8, 4) is 90.8 Å². The number of thiophene rings is 4. The third kappa shape index (κ3) is 8.90. The third-order valence-electron chi connectivity index (χ3n) is 20.2. The average molecular weight is 1370 g/mol. The molecule has 0 fully saturated rings. The molecule has 0 amide bonds. The Balaban J connectivity index is 0.612. The minimum absolute atomic E-state index is 0.594. The van der Waals surface area contributed by atoms with Gasteiger partial charge in [-0.2, -0.15) is 0 Å². The summed E-state index contributed by atoms with van der Waals surface area (Å²) >= 11 is 7.45. The Hall–Kier alpha value is -12.4. The number of nitrogens with zero attached hydrogens (tertiary/aromatic N) is 8. The van der Waals surface area contributed by atoms with Gasteiger partial charge in [-0.25, -0.2) is 29.9 Å². The second kappa shape index (κ2) is 22.5. The predicted octanol–water partition coefficient (Wildman–Crippen LogP) is 25.4. The van der Waals surface area contributed by atoms with Gasteiger partial charge in [0.25, 0.3) is 0 Å². The summed E-state index contributed by atoms with van der Waals surface area (Å²) in [4.78, 5) is 31.5. The van der Waals surface area contributed by atoms with E-state index in [9.17, 15) is 0 Å². The maximum absolute atomic E-state index is 5.32. The molecular formula is C90H50N8S4. The van der Waals surface area contributed by atoms with Crippen molar-refractivity contribution in [3.63, 3.8) is 0 Å². The predicted molar refractivity (Wildman–Crippen MR) is 431 cm³/mol. The van der Waals surface area contributed by atoms with E-state index >= 15 is 0 Å². The van der Waals surface area contributed by atoms with Crippen molar-refractivity contribution < 1.29 is 0 Å². The molecule has 0 N–H and O–H groups in total. The molecule has 0 atom stereocenters. The van der Waals surface area contributed by atoms with Crippen molar-refractivity contribution >= 4 is 170 Å². The maximum atomic E-state index is 5.32. The molecule has 0 spiro atoms. The highest BCUT2D eigenvalue weighted by Gasteiger charge is 2.24. The van der Waals surface area contributed by atoms with Gasteiger partial charge in [-0.15, -0.1) is 45.3 Å². The molecule has 22 aromatic rings. The third-order valence-corrected chi connectivity index (χ3v) is 25.1. The van der Waals surface area contributed by atoms with Crippen molar-refractivity contribution in [3.05, 3.63) is 303 Å². The van der Waals surface area contributed by atoms with E-state index in [1.165, 1.54) is 136 Å². The van der Waals surface area contributed by atoms with E-state index in [2.05, 4.69) is 276 Å². The van der Waals surface area contributed by atoms with Crippen LogP contribution in [-0.2, 0) is 0 Å². The van der Waals surface area contributed by atoms with Gasteiger partial charge in [0, 0.05) is 126 Å². The van der Waals surface area contributed by atoms with Crippen LogP contribution in [0.3, 0.4) is 0 Å². The first-order valence-corrected chi connectivity index (χ1v) is 37.2. The Kier molecular flexibility index (Phi) is 12.7. The summed E-state index contributed by atoms with van der Waals surface area (Å²) in [6.45, 7) is 0. The quantitative estimate of drug-likeness (QED) is 0.143. The number of hydrogen-bond donors (Lipinski definition) is 0. The van der Waals surface area contributed by atoms with Crippen molar-refractivity contribution in [1.82, 2.24) is 39.0 Å². The number of hydrogen-bond acceptors (Lipinski definition) is 10. The summed E-state index contributed by atoms with van der Waals surface area (Å²) in [5.41, 5.74) is 14.7. The second-order valence-electron chi connectivity index (χ2n) is 26.0. The minimum Gasteiger partial charge on any atom is -0.309 e. The van der Waals surface area contributed by atoms with Crippen LogP contribution in [0.2, 0.25) is 0 Å². The first-order chi connectivity index (χ1) is 50.5. The Morgan fingerprint density at radius 1 is 0.186 bits per heavy atom. The lowest BCUT2D eigenvalue weighted by atomic mass is 10.0. The molecule has 8 aromatic heterocycles. The van der Waals surface area contributed by atoms with Gasteiger partial charge in [0.1, 0.15) is 0 Å². The van der Waals surface area contributed by atoms with Crippen LogP contribution in [0.15, 0.2) is 303 Å². The summed E-state index contributed by atoms with van der Waals surface area (Å²) in [5.74, 6) is 3.64. The lowest BCUT2D eigenvalue weighted by Gasteiger charge is -2.11. The number of rotatable bonds is 9. The fraction of sp³-hybridized carbons (Fsp3) is 0. The van der Waals surface area contributed by atoms with E-state index < -0.39 is 0 Å². The molecule has 0 aliphatic heterocycles. The van der Waals surface area contributed by atoms with E-state index in [1.807, 2.05) is 81.7 Å². The van der Waals surface area contributed by atoms with Crippen molar-refractivity contribution in [2.45, 2.75) is 0 Å². The SMILES string of the molecule is c1ccc(-c2nc(-c3cccc(-c4ccc(-c5nc(-c6ccccc6)nc(-c6ccc7sc8ccc9c(sc%10cccc(-n%11c%12ccccc%12c%12ccccc%12%11)c%109)c8c7c6)n5)cc4)c3)nc(-c3ccc4sc5c(ccc6c5sc5cccc(-n7c8ccccc8c8ccccc87)c56)c4c3)n2)cc1. The Morgan fingerprint density at radius 3 is 1.07 bits per heavy atom. The zero-order valence-corrected chi connectivity index (χ0v) is 57.3. The van der Waals surface area contributed by atoms with Gasteiger partial charge in [-0.1, -0.05) is 206 Å². The largest absolute Gasteiger partial charge is 0.309 e. The number of benzene rings is 14. The van der Waals surface area contributed by atoms with E-state index in [0.717, 1.165) is 44.5 Å². The fourth-order valence-corrected chi connectivity index (χ4v) is 20.6. The lowest BCUT2D eigenvalue weighted by Crippen LogP contribution is -2.00. The molecule has 8 heterocycles. The maximum Gasteiger partial charge on any atom is 0.164 e. The van der Waals surface area contributed by atoms with Crippen LogP contribution in [0, 0.1) is 0 Å². The number of para-hydroxylation sites is 4. The van der Waals surface area contributed by atoms with Crippen LogP contribution in [-0.4, -0.2) is 39.0 Å². The summed E-state index contributed by atoms with van der Waals surface area (Å²) in [6.07, 6.45) is 0. The molecule has 22 rings (SSSR count). The first kappa shape index (κ1) is 57.5. The monoisotopic (exact) mass is 1370 g/mol. The highest BCUT2D eigenvalue weighted by molar-refractivity contribution is 7.33. The second-order valence-corrected chi connectivity index (χ2v) is 30.2. The standard InChI is InChI=1S/C90H50N8S4/c1-3-18-52(19-4-1)85-91-87(95-90(93-85)58-41-46-75-67(50-58)81-78(99-75)47-44-64-79-72(32-16-34-76(79)101-82(64)81)97-68-28-11-7-24-59(68)60-25-8-12-29-69(60)97)54-38-36-51(37-39-54)55-22-15-23-56(48-55)88-92-86(53-20-5-2-6-21-53)94-89(96-88)57-40-45-74-66(49-57)63-42-43-65-80-73(33-17-35-77(80)102-84(65)83(63)100-74)98-70-30-13-9-26-61(70)62-27-10-14-31-71(62)98/h1-50H. The molecule has 474 valence electrons. The van der Waals surface area contributed by atoms with Gasteiger partial charge in [0.05, 0.1) is 42.8 Å². The summed E-state index contributed by atoms with van der Waals surface area (Å²) < 4.78 is 15.0. The van der Waals surface area contributed by atoms with E-state index in [4.69, 9.17) is 29.9 Å². The van der Waals surface area contributed by atoms with Gasteiger partial charge in [0.2, 0.25) is 0 Å². The molecule has 102 heavy (non-hydrogen) atoms. The molecule has 12 heteroatoms. The number of aromatic nitrogens is 8. The Morgan fingerprint density at radius 2 is 0.529 bits per heavy atom. The molecule has 0 bridgehead atoms. The van der Waals surface area contributed by atoms with Crippen LogP contribution in [0.25, 0.3) is 215 Å². The van der Waals surface area contributed by atoms with Crippen molar-refractivity contribution in [1.29, 1.82) is 0 Å². The lowest BCUT2D eigenvalue weighted by molar-refractivity contribution is 1.07. The number of fused-ring (bicyclic) bond motifs is 20. The molecule has 0 aliphatic carbocycles. The molecular weight excluding hydrogens is 1320 g/mol. The fourth-order valence-electron chi connectivity index (χ4n) is 15.6. The van der Waals surface area contributed by atoms with Gasteiger partial charge in [0.15, 0.2) is 34.9 Å². The summed E-state index contributed by atoms with van der Waals surface area (Å²) in [6, 6.07) is 109. The van der Waals surface area contributed by atoms with Crippen LogP contribution >= 0.6 is 45.3 Å². The van der Waals surface area contributed by atoms with E-state index in [1.54, 1.807) is 0 Å². The first-order valence-electron chi connectivity index (χ1n) is 34.0. The van der Waals surface area contributed by atoms with Crippen molar-refractivity contribution in [2.24, 2.45) is 0 Å². The molecule has 0 aliphatic rings.